The molecule has 0 aliphatic heterocycles. The van der Waals surface area contributed by atoms with Crippen LogP contribution in [0.15, 0.2) is 60.3 Å². The van der Waals surface area contributed by atoms with Crippen molar-refractivity contribution in [2.24, 2.45) is 0 Å². The quantitative estimate of drug-likeness (QED) is 0.579. The molecule has 4 heteroatoms. The van der Waals surface area contributed by atoms with E-state index in [0.29, 0.717) is 5.95 Å². The maximum Gasteiger partial charge on any atom is 0.229 e. The first-order valence-corrected chi connectivity index (χ1v) is 9.46. The summed E-state index contributed by atoms with van der Waals surface area (Å²) in [4.78, 5) is 8.91. The Kier molecular flexibility index (Phi) is 4.88. The molecule has 0 saturated heterocycles. The number of fused-ring (bicyclic) bond motifs is 1. The van der Waals surface area contributed by atoms with E-state index in [2.05, 4.69) is 83.0 Å². The Balaban J connectivity index is 1.47. The highest BCUT2D eigenvalue weighted by atomic mass is 15.1. The highest BCUT2D eigenvalue weighted by Crippen LogP contribution is 2.28. The van der Waals surface area contributed by atoms with Gasteiger partial charge < -0.3 is 10.6 Å². The Hall–Kier alpha value is -3.14. The van der Waals surface area contributed by atoms with E-state index < -0.39 is 0 Å². The molecule has 2 aromatic carbocycles. The van der Waals surface area contributed by atoms with E-state index in [1.807, 2.05) is 6.07 Å². The fourth-order valence-electron chi connectivity index (χ4n) is 3.39. The molecule has 4 nitrogen and oxygen atoms in total. The number of nitrogens with zero attached hydrogens (tertiary/aromatic N) is 2. The van der Waals surface area contributed by atoms with Crippen LogP contribution in [0, 0.1) is 0 Å². The highest BCUT2D eigenvalue weighted by molar-refractivity contribution is 5.70. The standard InChI is InChI=1S/C23H24N4/c1-3-4-17-5-8-20(9-6-17)26-23-24-12-11-22(27-23)25-21-10-7-18-13-16(2)14-19(18)15-21/h5-12,14-15H,3-4,13H2,1-2H3,(H2,24,25,26,27). The number of nitrogens with one attached hydrogen (secondary N) is 2. The topological polar surface area (TPSA) is 49.8 Å². The summed E-state index contributed by atoms with van der Waals surface area (Å²) in [5.41, 5.74) is 7.45. The van der Waals surface area contributed by atoms with Crippen LogP contribution in [0.2, 0.25) is 0 Å². The predicted octanol–water partition coefficient (Wildman–Crippen LogP) is 5.88. The second-order valence-corrected chi connectivity index (χ2v) is 7.04. The molecular formula is C23H24N4. The number of allylic oxidation sites excluding steroid dienone is 1. The molecule has 4 rings (SSSR count). The van der Waals surface area contributed by atoms with Gasteiger partial charge in [0.05, 0.1) is 0 Å². The Morgan fingerprint density at radius 1 is 0.963 bits per heavy atom. The number of benzene rings is 2. The number of aromatic nitrogens is 2. The summed E-state index contributed by atoms with van der Waals surface area (Å²) >= 11 is 0. The van der Waals surface area contributed by atoms with Crippen molar-refractivity contribution < 1.29 is 0 Å². The number of anilines is 4. The largest absolute Gasteiger partial charge is 0.340 e. The van der Waals surface area contributed by atoms with Gasteiger partial charge in [0.25, 0.3) is 0 Å². The SMILES string of the molecule is CCCc1ccc(Nc2nccc(Nc3ccc4c(c3)C=C(C)C4)n2)cc1. The number of aryl methyl sites for hydroxylation is 1. The van der Waals surface area contributed by atoms with Gasteiger partial charge in [-0.15, -0.1) is 0 Å². The molecule has 136 valence electrons. The lowest BCUT2D eigenvalue weighted by Crippen LogP contribution is -2.00. The van der Waals surface area contributed by atoms with E-state index >= 15 is 0 Å². The van der Waals surface area contributed by atoms with Crippen molar-refractivity contribution in [1.82, 2.24) is 9.97 Å². The van der Waals surface area contributed by atoms with E-state index in [0.717, 1.165) is 36.5 Å². The second-order valence-electron chi connectivity index (χ2n) is 7.04. The summed E-state index contributed by atoms with van der Waals surface area (Å²) in [6, 6.07) is 16.8. The van der Waals surface area contributed by atoms with Crippen LogP contribution in [0.5, 0.6) is 0 Å². The van der Waals surface area contributed by atoms with Gasteiger partial charge in [-0.1, -0.05) is 43.2 Å². The molecule has 27 heavy (non-hydrogen) atoms. The Morgan fingerprint density at radius 3 is 2.59 bits per heavy atom. The molecule has 0 amide bonds. The van der Waals surface area contributed by atoms with Crippen molar-refractivity contribution in [1.29, 1.82) is 0 Å². The molecule has 0 fully saturated rings. The van der Waals surface area contributed by atoms with Gasteiger partial charge in [-0.25, -0.2) is 4.98 Å². The van der Waals surface area contributed by atoms with Gasteiger partial charge in [0.2, 0.25) is 5.95 Å². The Bertz CT molecular complexity index is 974. The molecule has 0 saturated carbocycles. The van der Waals surface area contributed by atoms with Gasteiger partial charge in [0.15, 0.2) is 0 Å². The van der Waals surface area contributed by atoms with Crippen molar-refractivity contribution in [2.75, 3.05) is 10.6 Å². The van der Waals surface area contributed by atoms with Crippen LogP contribution < -0.4 is 10.6 Å². The minimum absolute atomic E-state index is 0.583. The minimum Gasteiger partial charge on any atom is -0.340 e. The van der Waals surface area contributed by atoms with E-state index in [-0.39, 0.29) is 0 Å². The lowest BCUT2D eigenvalue weighted by atomic mass is 10.1. The minimum atomic E-state index is 0.583. The third-order valence-corrected chi connectivity index (χ3v) is 4.69. The van der Waals surface area contributed by atoms with E-state index in [4.69, 9.17) is 0 Å². The van der Waals surface area contributed by atoms with Gasteiger partial charge in [0.1, 0.15) is 5.82 Å². The molecule has 0 spiro atoms. The smallest absolute Gasteiger partial charge is 0.229 e. The van der Waals surface area contributed by atoms with Gasteiger partial charge in [-0.05, 0) is 66.8 Å². The molecule has 3 aromatic rings. The Morgan fingerprint density at radius 2 is 1.78 bits per heavy atom. The first-order chi connectivity index (χ1) is 13.2. The van der Waals surface area contributed by atoms with Crippen LogP contribution in [-0.4, -0.2) is 9.97 Å². The summed E-state index contributed by atoms with van der Waals surface area (Å²) < 4.78 is 0. The maximum absolute atomic E-state index is 4.58. The van der Waals surface area contributed by atoms with Crippen LogP contribution in [0.25, 0.3) is 6.08 Å². The van der Waals surface area contributed by atoms with E-state index in [1.54, 1.807) is 6.20 Å². The third kappa shape index (κ3) is 4.17. The Labute approximate surface area is 160 Å². The lowest BCUT2D eigenvalue weighted by molar-refractivity contribution is 0.922. The van der Waals surface area contributed by atoms with Crippen molar-refractivity contribution in [3.05, 3.63) is 77.0 Å². The normalized spacial score (nSPS) is 12.4. The summed E-state index contributed by atoms with van der Waals surface area (Å²) in [6.45, 7) is 4.36. The monoisotopic (exact) mass is 356 g/mol. The molecule has 1 aliphatic rings. The average Bonchev–Trinajstić information content (AvgIpc) is 3.03. The number of hydrogen-bond donors (Lipinski definition) is 2. The number of rotatable bonds is 6. The zero-order valence-electron chi connectivity index (χ0n) is 15.8. The summed E-state index contributed by atoms with van der Waals surface area (Å²) in [6.07, 6.45) is 7.32. The molecule has 1 aliphatic carbocycles. The van der Waals surface area contributed by atoms with E-state index in [9.17, 15) is 0 Å². The van der Waals surface area contributed by atoms with Gasteiger partial charge >= 0.3 is 0 Å². The predicted molar refractivity (Wildman–Crippen MR) is 113 cm³/mol. The van der Waals surface area contributed by atoms with Crippen molar-refractivity contribution in [2.45, 2.75) is 33.1 Å². The fraction of sp³-hybridized carbons (Fsp3) is 0.217. The number of hydrogen-bond acceptors (Lipinski definition) is 4. The van der Waals surface area contributed by atoms with E-state index in [1.165, 1.54) is 22.3 Å². The van der Waals surface area contributed by atoms with Crippen molar-refractivity contribution in [3.8, 4) is 0 Å². The molecule has 0 radical (unpaired) electrons. The van der Waals surface area contributed by atoms with Gasteiger partial charge in [0, 0.05) is 17.6 Å². The zero-order valence-corrected chi connectivity index (χ0v) is 15.8. The average molecular weight is 356 g/mol. The lowest BCUT2D eigenvalue weighted by Gasteiger charge is -2.10. The van der Waals surface area contributed by atoms with Crippen molar-refractivity contribution in [3.63, 3.8) is 0 Å². The van der Waals surface area contributed by atoms with Gasteiger partial charge in [-0.3, -0.25) is 0 Å². The fourth-order valence-corrected chi connectivity index (χ4v) is 3.39. The summed E-state index contributed by atoms with van der Waals surface area (Å²) in [5, 5.41) is 6.66. The maximum atomic E-state index is 4.58. The molecule has 1 heterocycles. The third-order valence-electron chi connectivity index (χ3n) is 4.69. The first-order valence-electron chi connectivity index (χ1n) is 9.46. The van der Waals surface area contributed by atoms with Crippen LogP contribution in [-0.2, 0) is 12.8 Å². The summed E-state index contributed by atoms with van der Waals surface area (Å²) in [5.74, 6) is 1.36. The van der Waals surface area contributed by atoms with Crippen LogP contribution in [0.1, 0.15) is 37.0 Å². The highest BCUT2D eigenvalue weighted by Gasteiger charge is 2.10. The van der Waals surface area contributed by atoms with Crippen LogP contribution in [0.4, 0.5) is 23.1 Å². The first kappa shape index (κ1) is 17.3. The molecule has 1 aromatic heterocycles. The van der Waals surface area contributed by atoms with Gasteiger partial charge in [-0.2, -0.15) is 4.98 Å². The molecular weight excluding hydrogens is 332 g/mol. The zero-order chi connectivity index (χ0) is 18.6. The summed E-state index contributed by atoms with van der Waals surface area (Å²) in [7, 11) is 0. The van der Waals surface area contributed by atoms with Crippen LogP contribution >= 0.6 is 0 Å². The molecule has 0 bridgehead atoms. The van der Waals surface area contributed by atoms with Crippen LogP contribution in [0.3, 0.4) is 0 Å². The van der Waals surface area contributed by atoms with Crippen molar-refractivity contribution >= 4 is 29.2 Å². The second kappa shape index (κ2) is 7.62. The molecule has 0 atom stereocenters. The molecule has 2 N–H and O–H groups in total. The molecule has 0 unspecified atom stereocenters.